The van der Waals surface area contributed by atoms with Gasteiger partial charge in [-0.2, -0.15) is 13.2 Å². The summed E-state index contributed by atoms with van der Waals surface area (Å²) in [4.78, 5) is 14.5. The van der Waals surface area contributed by atoms with Crippen LogP contribution in [0.4, 0.5) is 18.9 Å². The van der Waals surface area contributed by atoms with E-state index in [1.165, 1.54) is 12.8 Å². The van der Waals surface area contributed by atoms with Crippen LogP contribution in [-0.2, 0) is 6.18 Å². The summed E-state index contributed by atoms with van der Waals surface area (Å²) in [7, 11) is 0. The Hall–Kier alpha value is -2.93. The van der Waals surface area contributed by atoms with Gasteiger partial charge in [0.2, 0.25) is 5.56 Å². The third kappa shape index (κ3) is 5.36. The van der Waals surface area contributed by atoms with Gasteiger partial charge in [0.05, 0.1) is 11.3 Å². The second-order valence-corrected chi connectivity index (χ2v) is 7.22. The molecule has 2 heterocycles. The SMILES string of the molecule is O=c1ccc(C(F)(F)F)c[nH]1.Oc1cc(-c2ccccc2Cl)ccc1N1CCCC1. The number of aromatic hydroxyl groups is 1. The smallest absolute Gasteiger partial charge is 0.417 e. The van der Waals surface area contributed by atoms with E-state index in [0.717, 1.165) is 42.0 Å². The second-order valence-electron chi connectivity index (χ2n) is 6.82. The number of hydrogen-bond donors (Lipinski definition) is 2. The Morgan fingerprint density at radius 2 is 1.70 bits per heavy atom. The van der Waals surface area contributed by atoms with Gasteiger partial charge in [-0.15, -0.1) is 0 Å². The molecule has 0 saturated carbocycles. The lowest BCUT2D eigenvalue weighted by atomic mass is 10.0. The molecule has 4 rings (SSSR count). The van der Waals surface area contributed by atoms with Crippen molar-refractivity contribution in [3.8, 4) is 16.9 Å². The minimum absolute atomic E-state index is 0.333. The summed E-state index contributed by atoms with van der Waals surface area (Å²) in [6.07, 6.45) is -1.34. The molecule has 8 heteroatoms. The van der Waals surface area contributed by atoms with Crippen LogP contribution < -0.4 is 10.5 Å². The number of halogens is 4. The van der Waals surface area contributed by atoms with Crippen molar-refractivity contribution < 1.29 is 18.3 Å². The normalized spacial score (nSPS) is 13.7. The highest BCUT2D eigenvalue weighted by molar-refractivity contribution is 6.33. The largest absolute Gasteiger partial charge is 0.506 e. The fraction of sp³-hybridized carbons (Fsp3) is 0.227. The fourth-order valence-corrected chi connectivity index (χ4v) is 3.44. The molecule has 2 N–H and O–H groups in total. The average molecular weight is 437 g/mol. The first-order valence-corrected chi connectivity index (χ1v) is 9.72. The van der Waals surface area contributed by atoms with Gasteiger partial charge < -0.3 is 15.0 Å². The summed E-state index contributed by atoms with van der Waals surface area (Å²) < 4.78 is 35.4. The maximum absolute atomic E-state index is 11.8. The van der Waals surface area contributed by atoms with Crippen LogP contribution >= 0.6 is 11.6 Å². The number of phenolic OH excluding ortho intramolecular Hbond substituents is 1. The van der Waals surface area contributed by atoms with Crippen LogP contribution in [-0.4, -0.2) is 23.2 Å². The van der Waals surface area contributed by atoms with Crippen molar-refractivity contribution in [3.05, 3.63) is 81.7 Å². The maximum Gasteiger partial charge on any atom is 0.417 e. The first kappa shape index (κ1) is 21.8. The number of nitrogens with one attached hydrogen (secondary N) is 1. The molecule has 1 aliphatic rings. The predicted octanol–water partition coefficient (Wildman–Crippen LogP) is 5.71. The minimum Gasteiger partial charge on any atom is -0.506 e. The summed E-state index contributed by atoms with van der Waals surface area (Å²) in [5.74, 6) is 0.333. The molecule has 3 aromatic rings. The zero-order chi connectivity index (χ0) is 21.7. The van der Waals surface area contributed by atoms with Gasteiger partial charge in [0.25, 0.3) is 0 Å². The number of hydrogen-bond acceptors (Lipinski definition) is 3. The monoisotopic (exact) mass is 436 g/mol. The quantitative estimate of drug-likeness (QED) is 0.541. The third-order valence-corrected chi connectivity index (χ3v) is 5.05. The highest BCUT2D eigenvalue weighted by Gasteiger charge is 2.30. The molecular formula is C22H20ClF3N2O2. The molecule has 1 aliphatic heterocycles. The molecule has 1 fully saturated rings. The number of nitrogens with zero attached hydrogens (tertiary/aromatic N) is 1. The lowest BCUT2D eigenvalue weighted by Crippen LogP contribution is -2.17. The van der Waals surface area contributed by atoms with Gasteiger partial charge in [0.15, 0.2) is 0 Å². The number of rotatable bonds is 2. The second kappa shape index (κ2) is 9.26. The number of aromatic nitrogens is 1. The first-order chi connectivity index (χ1) is 14.3. The van der Waals surface area contributed by atoms with Crippen molar-refractivity contribution >= 4 is 17.3 Å². The van der Waals surface area contributed by atoms with Crippen molar-refractivity contribution in [1.82, 2.24) is 4.98 Å². The Morgan fingerprint density at radius 3 is 2.27 bits per heavy atom. The van der Waals surface area contributed by atoms with Gasteiger partial charge in [-0.3, -0.25) is 4.79 Å². The Balaban J connectivity index is 0.000000199. The molecule has 0 amide bonds. The molecule has 30 heavy (non-hydrogen) atoms. The van der Waals surface area contributed by atoms with E-state index in [2.05, 4.69) is 4.90 Å². The lowest BCUT2D eigenvalue weighted by molar-refractivity contribution is -0.137. The molecule has 0 atom stereocenters. The van der Waals surface area contributed by atoms with Crippen LogP contribution in [0.25, 0.3) is 11.1 Å². The predicted molar refractivity (Wildman–Crippen MR) is 112 cm³/mol. The molecule has 1 saturated heterocycles. The summed E-state index contributed by atoms with van der Waals surface area (Å²) >= 11 is 6.19. The molecule has 0 spiro atoms. The number of anilines is 1. The number of benzene rings is 2. The number of phenols is 1. The zero-order valence-corrected chi connectivity index (χ0v) is 16.7. The molecule has 0 unspecified atom stereocenters. The van der Waals surface area contributed by atoms with Crippen LogP contribution in [0.1, 0.15) is 18.4 Å². The molecular weight excluding hydrogens is 417 g/mol. The fourth-order valence-electron chi connectivity index (χ4n) is 3.20. The highest BCUT2D eigenvalue weighted by Crippen LogP contribution is 2.36. The number of alkyl halides is 3. The number of H-pyrrole nitrogens is 1. The van der Waals surface area contributed by atoms with E-state index in [1.807, 2.05) is 41.4 Å². The van der Waals surface area contributed by atoms with Crippen LogP contribution in [0.15, 0.2) is 65.6 Å². The molecule has 4 nitrogen and oxygen atoms in total. The van der Waals surface area contributed by atoms with E-state index < -0.39 is 17.3 Å². The molecule has 0 bridgehead atoms. The molecule has 158 valence electrons. The van der Waals surface area contributed by atoms with Crippen molar-refractivity contribution in [2.75, 3.05) is 18.0 Å². The van der Waals surface area contributed by atoms with Crippen LogP contribution in [0.5, 0.6) is 5.75 Å². The van der Waals surface area contributed by atoms with Crippen molar-refractivity contribution in [3.63, 3.8) is 0 Å². The number of pyridine rings is 1. The lowest BCUT2D eigenvalue weighted by Gasteiger charge is -2.19. The molecule has 0 radical (unpaired) electrons. The Labute approximate surface area is 176 Å². The van der Waals surface area contributed by atoms with Crippen LogP contribution in [0.2, 0.25) is 5.02 Å². The van der Waals surface area contributed by atoms with Crippen LogP contribution in [0.3, 0.4) is 0 Å². The summed E-state index contributed by atoms with van der Waals surface area (Å²) in [5.41, 5.74) is 1.43. The Bertz CT molecular complexity index is 1040. The maximum atomic E-state index is 11.8. The minimum atomic E-state index is -4.38. The van der Waals surface area contributed by atoms with E-state index in [9.17, 15) is 23.1 Å². The Kier molecular flexibility index (Phi) is 6.72. The first-order valence-electron chi connectivity index (χ1n) is 9.34. The standard InChI is InChI=1S/C16H16ClNO.C6H4F3NO/c17-14-6-2-1-5-13(14)12-7-8-15(16(19)11-12)18-9-3-4-10-18;7-6(8,9)4-1-2-5(11)10-3-4/h1-2,5-8,11,19H,3-4,9-10H2;1-3H,(H,10,11). The van der Waals surface area contributed by atoms with Crippen molar-refractivity contribution in [1.29, 1.82) is 0 Å². The zero-order valence-electron chi connectivity index (χ0n) is 15.9. The highest BCUT2D eigenvalue weighted by atomic mass is 35.5. The molecule has 2 aromatic carbocycles. The van der Waals surface area contributed by atoms with Gasteiger partial charge in [0, 0.05) is 35.9 Å². The topological polar surface area (TPSA) is 56.3 Å². The van der Waals surface area contributed by atoms with E-state index in [1.54, 1.807) is 6.07 Å². The molecule has 1 aromatic heterocycles. The average Bonchev–Trinajstić information content (AvgIpc) is 3.23. The van der Waals surface area contributed by atoms with Crippen molar-refractivity contribution in [2.24, 2.45) is 0 Å². The van der Waals surface area contributed by atoms with E-state index in [-0.39, 0.29) is 0 Å². The van der Waals surface area contributed by atoms with Gasteiger partial charge in [0.1, 0.15) is 5.75 Å². The summed E-state index contributed by atoms with van der Waals surface area (Å²) in [6, 6.07) is 15.1. The molecule has 0 aliphatic carbocycles. The summed E-state index contributed by atoms with van der Waals surface area (Å²) in [5, 5.41) is 10.9. The van der Waals surface area contributed by atoms with E-state index >= 15 is 0 Å². The number of aromatic amines is 1. The van der Waals surface area contributed by atoms with E-state index in [4.69, 9.17) is 11.6 Å². The Morgan fingerprint density at radius 1 is 1.00 bits per heavy atom. The third-order valence-electron chi connectivity index (χ3n) is 4.72. The van der Waals surface area contributed by atoms with Crippen molar-refractivity contribution in [2.45, 2.75) is 19.0 Å². The van der Waals surface area contributed by atoms with Gasteiger partial charge in [-0.25, -0.2) is 0 Å². The van der Waals surface area contributed by atoms with Gasteiger partial charge in [-0.05, 0) is 42.7 Å². The van der Waals surface area contributed by atoms with Gasteiger partial charge in [-0.1, -0.05) is 35.9 Å². The van der Waals surface area contributed by atoms with Crippen LogP contribution in [0, 0.1) is 0 Å². The summed E-state index contributed by atoms with van der Waals surface area (Å²) in [6.45, 7) is 2.05. The van der Waals surface area contributed by atoms with E-state index in [0.29, 0.717) is 17.0 Å². The van der Waals surface area contributed by atoms with Gasteiger partial charge >= 0.3 is 6.18 Å².